The molecule has 0 fully saturated rings. The highest BCUT2D eigenvalue weighted by atomic mass is 32.1. The molecule has 0 atom stereocenters. The molecule has 0 aliphatic carbocycles. The van der Waals surface area contributed by atoms with Gasteiger partial charge in [0.1, 0.15) is 4.99 Å². The van der Waals surface area contributed by atoms with E-state index in [0.717, 1.165) is 12.2 Å². The van der Waals surface area contributed by atoms with E-state index in [1.165, 1.54) is 5.56 Å². The van der Waals surface area contributed by atoms with Crippen LogP contribution in [0.2, 0.25) is 0 Å². The molecule has 0 spiro atoms. The average Bonchev–Trinajstić information content (AvgIpc) is 2.40. The van der Waals surface area contributed by atoms with E-state index in [0.29, 0.717) is 10.7 Å². The lowest BCUT2D eigenvalue weighted by molar-refractivity contribution is 0.914. The Morgan fingerprint density at radius 3 is 2.56 bits per heavy atom. The van der Waals surface area contributed by atoms with Gasteiger partial charge in [0.2, 0.25) is 0 Å². The highest BCUT2D eigenvalue weighted by Gasteiger charge is 2.04. The fraction of sp³-hybridized carbons (Fsp3) is 0.154. The molecular weight excluding hydrogens is 244 g/mol. The van der Waals surface area contributed by atoms with Gasteiger partial charge in [0, 0.05) is 26.0 Å². The molecular formula is C13H14N4S. The molecule has 92 valence electrons. The first kappa shape index (κ1) is 12.4. The smallest absolute Gasteiger partial charge is 0.122 e. The Balaban J connectivity index is 2.09. The zero-order valence-corrected chi connectivity index (χ0v) is 10.9. The molecule has 0 amide bonds. The fourth-order valence-corrected chi connectivity index (χ4v) is 1.73. The minimum atomic E-state index is 0.318. The minimum absolute atomic E-state index is 0.318. The highest BCUT2D eigenvalue weighted by Crippen LogP contribution is 2.14. The van der Waals surface area contributed by atoms with Crippen molar-refractivity contribution in [2.24, 2.45) is 5.73 Å². The summed E-state index contributed by atoms with van der Waals surface area (Å²) in [7, 11) is 2.01. The Morgan fingerprint density at radius 1 is 1.28 bits per heavy atom. The van der Waals surface area contributed by atoms with E-state index in [4.69, 9.17) is 18.0 Å². The fourth-order valence-electron chi connectivity index (χ4n) is 1.61. The topological polar surface area (TPSA) is 55.0 Å². The summed E-state index contributed by atoms with van der Waals surface area (Å²) in [6, 6.07) is 7.78. The van der Waals surface area contributed by atoms with Crippen LogP contribution in [-0.4, -0.2) is 22.0 Å². The number of rotatable bonds is 4. The van der Waals surface area contributed by atoms with Crippen LogP contribution >= 0.6 is 12.2 Å². The summed E-state index contributed by atoms with van der Waals surface area (Å²) in [5.74, 6) is 0. The SMILES string of the molecule is CN(Cc1ccncc1)c1ccc(C(N)=S)nc1. The first-order valence-corrected chi connectivity index (χ1v) is 5.93. The third-order valence-corrected chi connectivity index (χ3v) is 2.82. The zero-order chi connectivity index (χ0) is 13.0. The number of hydrogen-bond donors (Lipinski definition) is 1. The van der Waals surface area contributed by atoms with Gasteiger partial charge in [-0.05, 0) is 29.8 Å². The lowest BCUT2D eigenvalue weighted by Crippen LogP contribution is -2.17. The molecule has 0 radical (unpaired) electrons. The molecule has 2 rings (SSSR count). The first-order valence-electron chi connectivity index (χ1n) is 5.52. The third-order valence-electron chi connectivity index (χ3n) is 2.61. The maximum atomic E-state index is 5.51. The molecule has 0 unspecified atom stereocenters. The van der Waals surface area contributed by atoms with Crippen LogP contribution in [-0.2, 0) is 6.54 Å². The summed E-state index contributed by atoms with van der Waals surface area (Å²) >= 11 is 4.87. The summed E-state index contributed by atoms with van der Waals surface area (Å²) in [5, 5.41) is 0. The van der Waals surface area contributed by atoms with E-state index in [2.05, 4.69) is 14.9 Å². The van der Waals surface area contributed by atoms with Gasteiger partial charge in [-0.25, -0.2) is 0 Å². The largest absolute Gasteiger partial charge is 0.388 e. The van der Waals surface area contributed by atoms with Crippen molar-refractivity contribution in [3.8, 4) is 0 Å². The van der Waals surface area contributed by atoms with Gasteiger partial charge >= 0.3 is 0 Å². The summed E-state index contributed by atoms with van der Waals surface area (Å²) in [6.45, 7) is 0.802. The molecule has 18 heavy (non-hydrogen) atoms. The number of hydrogen-bond acceptors (Lipinski definition) is 4. The molecule has 0 saturated heterocycles. The number of anilines is 1. The molecule has 0 aromatic carbocycles. The lowest BCUT2D eigenvalue weighted by Gasteiger charge is -2.19. The van der Waals surface area contributed by atoms with Gasteiger partial charge in [0.15, 0.2) is 0 Å². The number of nitrogens with two attached hydrogens (primary N) is 1. The Kier molecular flexibility index (Phi) is 3.84. The molecule has 0 bridgehead atoms. The van der Waals surface area contributed by atoms with Crippen molar-refractivity contribution >= 4 is 22.9 Å². The molecule has 0 aliphatic rings. The van der Waals surface area contributed by atoms with Gasteiger partial charge < -0.3 is 10.6 Å². The lowest BCUT2D eigenvalue weighted by atomic mass is 10.2. The van der Waals surface area contributed by atoms with E-state index in [1.807, 2.05) is 31.3 Å². The van der Waals surface area contributed by atoms with Crippen LogP contribution in [0.3, 0.4) is 0 Å². The van der Waals surface area contributed by atoms with Crippen LogP contribution in [0.15, 0.2) is 42.9 Å². The van der Waals surface area contributed by atoms with Crippen molar-refractivity contribution in [2.45, 2.75) is 6.54 Å². The number of aromatic nitrogens is 2. The molecule has 2 aromatic heterocycles. The quantitative estimate of drug-likeness (QED) is 0.847. The van der Waals surface area contributed by atoms with E-state index < -0.39 is 0 Å². The van der Waals surface area contributed by atoms with Crippen LogP contribution in [0.25, 0.3) is 0 Å². The monoisotopic (exact) mass is 258 g/mol. The van der Waals surface area contributed by atoms with E-state index in [1.54, 1.807) is 18.6 Å². The van der Waals surface area contributed by atoms with Gasteiger partial charge in [-0.15, -0.1) is 0 Å². The predicted molar refractivity (Wildman–Crippen MR) is 76.5 cm³/mol. The van der Waals surface area contributed by atoms with E-state index in [9.17, 15) is 0 Å². The van der Waals surface area contributed by atoms with Crippen LogP contribution in [0.4, 0.5) is 5.69 Å². The summed E-state index contributed by atoms with van der Waals surface area (Å²) in [4.78, 5) is 10.6. The van der Waals surface area contributed by atoms with Crippen molar-refractivity contribution < 1.29 is 0 Å². The Hall–Kier alpha value is -2.01. The molecule has 4 nitrogen and oxygen atoms in total. The van der Waals surface area contributed by atoms with E-state index in [-0.39, 0.29) is 0 Å². The second-order valence-electron chi connectivity index (χ2n) is 3.98. The van der Waals surface area contributed by atoms with Crippen molar-refractivity contribution in [3.05, 3.63) is 54.1 Å². The molecule has 5 heteroatoms. The standard InChI is InChI=1S/C13H14N4S/c1-17(9-10-4-6-15-7-5-10)11-2-3-12(13(14)18)16-8-11/h2-8H,9H2,1H3,(H2,14,18). The molecule has 2 N–H and O–H groups in total. The molecule has 2 aromatic rings. The average molecular weight is 258 g/mol. The van der Waals surface area contributed by atoms with Crippen LogP contribution in [0, 0.1) is 0 Å². The minimum Gasteiger partial charge on any atom is -0.388 e. The number of nitrogens with zero attached hydrogens (tertiary/aromatic N) is 3. The summed E-state index contributed by atoms with van der Waals surface area (Å²) < 4.78 is 0. The van der Waals surface area contributed by atoms with E-state index >= 15 is 0 Å². The van der Waals surface area contributed by atoms with Crippen molar-refractivity contribution in [1.82, 2.24) is 9.97 Å². The summed E-state index contributed by atoms with van der Waals surface area (Å²) in [5.41, 5.74) is 8.38. The van der Waals surface area contributed by atoms with Crippen LogP contribution in [0.1, 0.15) is 11.3 Å². The van der Waals surface area contributed by atoms with Crippen LogP contribution in [0.5, 0.6) is 0 Å². The normalized spacial score (nSPS) is 10.1. The Bertz CT molecular complexity index is 524. The Labute approximate surface area is 111 Å². The second-order valence-corrected chi connectivity index (χ2v) is 4.42. The van der Waals surface area contributed by atoms with Gasteiger partial charge in [-0.1, -0.05) is 12.2 Å². The maximum Gasteiger partial charge on any atom is 0.122 e. The highest BCUT2D eigenvalue weighted by molar-refractivity contribution is 7.80. The zero-order valence-electron chi connectivity index (χ0n) is 10.1. The third kappa shape index (κ3) is 3.01. The molecule has 0 aliphatic heterocycles. The number of pyridine rings is 2. The van der Waals surface area contributed by atoms with Gasteiger partial charge in [0.25, 0.3) is 0 Å². The van der Waals surface area contributed by atoms with Crippen molar-refractivity contribution in [3.63, 3.8) is 0 Å². The van der Waals surface area contributed by atoms with Crippen LogP contribution < -0.4 is 10.6 Å². The van der Waals surface area contributed by atoms with Gasteiger partial charge in [-0.2, -0.15) is 0 Å². The second kappa shape index (κ2) is 5.55. The van der Waals surface area contributed by atoms with Crippen molar-refractivity contribution in [2.75, 3.05) is 11.9 Å². The summed E-state index contributed by atoms with van der Waals surface area (Å²) in [6.07, 6.45) is 5.35. The first-order chi connectivity index (χ1) is 8.66. The maximum absolute atomic E-state index is 5.51. The predicted octanol–water partition coefficient (Wildman–Crippen LogP) is 1.75. The number of thiocarbonyl (C=S) groups is 1. The molecule has 0 saturated carbocycles. The van der Waals surface area contributed by atoms with Gasteiger partial charge in [-0.3, -0.25) is 9.97 Å². The van der Waals surface area contributed by atoms with Crippen molar-refractivity contribution in [1.29, 1.82) is 0 Å². The molecule has 2 heterocycles. The Morgan fingerprint density at radius 2 is 2.00 bits per heavy atom. The van der Waals surface area contributed by atoms with Gasteiger partial charge in [0.05, 0.1) is 17.6 Å².